The van der Waals surface area contributed by atoms with Gasteiger partial charge in [-0.1, -0.05) is 36.5 Å². The normalized spacial score (nSPS) is 27.7. The van der Waals surface area contributed by atoms with Gasteiger partial charge in [-0.3, -0.25) is 0 Å². The summed E-state index contributed by atoms with van der Waals surface area (Å²) < 4.78 is 0. The molecule has 206 valence electrons. The van der Waals surface area contributed by atoms with Crippen molar-refractivity contribution in [2.75, 3.05) is 49.3 Å². The van der Waals surface area contributed by atoms with Crippen LogP contribution in [0.4, 0.5) is 11.4 Å². The maximum Gasteiger partial charge on any atom is 0.140 e. The lowest BCUT2D eigenvalue weighted by Gasteiger charge is -2.68. The molecule has 40 heavy (non-hydrogen) atoms. The van der Waals surface area contributed by atoms with Crippen LogP contribution in [0.15, 0.2) is 53.5 Å². The highest BCUT2D eigenvalue weighted by atomic mass is 32.1. The number of aliphatic imine (C=N–C) groups is 1. The fourth-order valence-electron chi connectivity index (χ4n) is 7.78. The van der Waals surface area contributed by atoms with E-state index in [1.165, 1.54) is 5.56 Å². The van der Waals surface area contributed by atoms with Gasteiger partial charge in [0.15, 0.2) is 0 Å². The van der Waals surface area contributed by atoms with Crippen molar-refractivity contribution in [1.29, 1.82) is 10.5 Å². The van der Waals surface area contributed by atoms with Crippen molar-refractivity contribution in [3.05, 3.63) is 59.7 Å². The number of benzene rings is 2. The molecule has 3 fully saturated rings. The molecule has 4 aliphatic heterocycles. The summed E-state index contributed by atoms with van der Waals surface area (Å²) >= 11 is 6.36. The zero-order valence-electron chi connectivity index (χ0n) is 23.9. The average molecular weight is 552 g/mol. The molecule has 0 radical (unpaired) electrons. The van der Waals surface area contributed by atoms with E-state index < -0.39 is 16.2 Å². The van der Waals surface area contributed by atoms with Gasteiger partial charge in [-0.25, -0.2) is 4.99 Å². The summed E-state index contributed by atoms with van der Waals surface area (Å²) in [6.07, 6.45) is 1.51. The van der Waals surface area contributed by atoms with Crippen molar-refractivity contribution in [1.82, 2.24) is 9.80 Å². The Morgan fingerprint density at radius 1 is 0.875 bits per heavy atom. The molecular formula is C32H37N7S. The number of rotatable bonds is 3. The molecule has 0 N–H and O–H groups in total. The molecule has 8 heteroatoms. The summed E-state index contributed by atoms with van der Waals surface area (Å²) in [7, 11) is 0. The van der Waals surface area contributed by atoms with Gasteiger partial charge in [0.05, 0.1) is 18.8 Å². The Morgan fingerprint density at radius 2 is 1.45 bits per heavy atom. The summed E-state index contributed by atoms with van der Waals surface area (Å²) in [4.78, 5) is 14.7. The molecule has 0 aromatic heterocycles. The number of hydrogen-bond acceptors (Lipinski definition) is 7. The lowest BCUT2D eigenvalue weighted by atomic mass is 9.43. The van der Waals surface area contributed by atoms with Gasteiger partial charge in [0, 0.05) is 35.9 Å². The SMILES string of the molecule is Cc1cccc(N2CN=C3N(C2)C(=S)C2(C#N)CN(c4cccc(C)c4)CC3(C#N)C23CCN(C(C)C)CC3)c1. The van der Waals surface area contributed by atoms with Crippen molar-refractivity contribution in [3.8, 4) is 12.1 Å². The fourth-order valence-corrected chi connectivity index (χ4v) is 8.23. The summed E-state index contributed by atoms with van der Waals surface area (Å²) in [6.45, 7) is 12.2. The van der Waals surface area contributed by atoms with E-state index in [1.807, 2.05) is 11.0 Å². The predicted molar refractivity (Wildman–Crippen MR) is 163 cm³/mol. The minimum absolute atomic E-state index is 0.416. The summed E-state index contributed by atoms with van der Waals surface area (Å²) in [6, 6.07) is 22.8. The number of likely N-dealkylation sites (tertiary alicyclic amines) is 1. The number of thiocarbonyl (C=S) groups is 1. The van der Waals surface area contributed by atoms with Gasteiger partial charge in [0.1, 0.15) is 28.3 Å². The van der Waals surface area contributed by atoms with Crippen LogP contribution in [0.3, 0.4) is 0 Å². The third-order valence-electron chi connectivity index (χ3n) is 9.94. The van der Waals surface area contributed by atoms with Gasteiger partial charge < -0.3 is 19.6 Å². The van der Waals surface area contributed by atoms with Crippen LogP contribution in [0.25, 0.3) is 0 Å². The van der Waals surface area contributed by atoms with Gasteiger partial charge in [-0.2, -0.15) is 10.5 Å². The van der Waals surface area contributed by atoms with E-state index in [9.17, 15) is 10.5 Å². The number of aryl methyl sites for hydroxylation is 2. The van der Waals surface area contributed by atoms with Crippen LogP contribution < -0.4 is 9.80 Å². The number of nitriles is 2. The molecule has 0 saturated carbocycles. The minimum Gasteiger partial charge on any atom is -0.367 e. The van der Waals surface area contributed by atoms with Crippen molar-refractivity contribution < 1.29 is 0 Å². The Morgan fingerprint density at radius 3 is 2.00 bits per heavy atom. The van der Waals surface area contributed by atoms with Gasteiger partial charge in [0.2, 0.25) is 0 Å². The summed E-state index contributed by atoms with van der Waals surface area (Å²) in [5.74, 6) is 0.755. The van der Waals surface area contributed by atoms with Gasteiger partial charge in [0.25, 0.3) is 0 Å². The average Bonchev–Trinajstić information content (AvgIpc) is 2.96. The molecule has 4 heterocycles. The Hall–Kier alpha value is -3.46. The Kier molecular flexibility index (Phi) is 6.40. The van der Waals surface area contributed by atoms with Crippen LogP contribution in [-0.2, 0) is 0 Å². The molecule has 2 aromatic rings. The third-order valence-corrected chi connectivity index (χ3v) is 10.5. The van der Waals surface area contributed by atoms with E-state index in [-0.39, 0.29) is 0 Å². The van der Waals surface area contributed by atoms with E-state index >= 15 is 0 Å². The van der Waals surface area contributed by atoms with Gasteiger partial charge in [-0.05, 0) is 89.0 Å². The number of nitrogens with zero attached hydrogens (tertiary/aromatic N) is 7. The molecule has 4 aliphatic rings. The third kappa shape index (κ3) is 3.62. The van der Waals surface area contributed by atoms with Crippen molar-refractivity contribution >= 4 is 34.4 Å². The van der Waals surface area contributed by atoms with E-state index in [0.717, 1.165) is 48.7 Å². The maximum atomic E-state index is 11.3. The molecular weight excluding hydrogens is 514 g/mol. The number of hydrogen-bond donors (Lipinski definition) is 0. The van der Waals surface area contributed by atoms with E-state index in [0.29, 0.717) is 37.5 Å². The number of fused-ring (bicyclic) bond motifs is 2. The van der Waals surface area contributed by atoms with Crippen molar-refractivity contribution in [2.45, 2.75) is 46.6 Å². The molecule has 1 spiro atoms. The second kappa shape index (κ2) is 9.58. The first-order valence-electron chi connectivity index (χ1n) is 14.3. The maximum absolute atomic E-state index is 11.3. The van der Waals surface area contributed by atoms with Crippen LogP contribution in [-0.4, -0.2) is 66.2 Å². The topological polar surface area (TPSA) is 72.9 Å². The highest BCUT2D eigenvalue weighted by Gasteiger charge is 2.76. The number of anilines is 2. The zero-order valence-corrected chi connectivity index (χ0v) is 24.7. The quantitative estimate of drug-likeness (QED) is 0.491. The van der Waals surface area contributed by atoms with Crippen LogP contribution in [0.2, 0.25) is 0 Å². The number of piperidine rings is 3. The van der Waals surface area contributed by atoms with Crippen LogP contribution in [0.5, 0.6) is 0 Å². The van der Waals surface area contributed by atoms with Crippen molar-refractivity contribution in [3.63, 3.8) is 0 Å². The van der Waals surface area contributed by atoms with E-state index in [2.05, 4.69) is 97.0 Å². The first-order chi connectivity index (χ1) is 19.2. The zero-order chi connectivity index (χ0) is 28.3. The molecule has 7 nitrogen and oxygen atoms in total. The number of amidine groups is 1. The highest BCUT2D eigenvalue weighted by molar-refractivity contribution is 7.80. The van der Waals surface area contributed by atoms with Gasteiger partial charge >= 0.3 is 0 Å². The molecule has 6 rings (SSSR count). The van der Waals surface area contributed by atoms with E-state index in [4.69, 9.17) is 17.2 Å². The largest absolute Gasteiger partial charge is 0.367 e. The second-order valence-corrected chi connectivity index (χ2v) is 12.7. The predicted octanol–water partition coefficient (Wildman–Crippen LogP) is 5.11. The van der Waals surface area contributed by atoms with Crippen LogP contribution >= 0.6 is 12.2 Å². The fraction of sp³-hybridized carbons (Fsp3) is 0.500. The molecule has 2 bridgehead atoms. The summed E-state index contributed by atoms with van der Waals surface area (Å²) in [5.41, 5.74) is 1.86. The molecule has 3 saturated heterocycles. The Labute approximate surface area is 243 Å². The van der Waals surface area contributed by atoms with Crippen LogP contribution in [0, 0.1) is 52.8 Å². The summed E-state index contributed by atoms with van der Waals surface area (Å²) in [5, 5.41) is 22.5. The highest BCUT2D eigenvalue weighted by Crippen LogP contribution is 2.66. The Balaban J connectivity index is 1.52. The lowest BCUT2D eigenvalue weighted by Crippen LogP contribution is -2.80. The van der Waals surface area contributed by atoms with Gasteiger partial charge in [-0.15, -0.1) is 0 Å². The van der Waals surface area contributed by atoms with E-state index in [1.54, 1.807) is 0 Å². The first-order valence-corrected chi connectivity index (χ1v) is 14.7. The molecule has 0 amide bonds. The molecule has 2 atom stereocenters. The molecule has 2 unspecified atom stereocenters. The molecule has 0 aliphatic carbocycles. The monoisotopic (exact) mass is 551 g/mol. The second-order valence-electron chi connectivity index (χ2n) is 12.3. The first kappa shape index (κ1) is 26.7. The standard InChI is InChI=1S/C32H37N7S/c1-23(2)36-13-11-32(12-14-36)30(17-33)19-37(26-9-5-7-24(3)15-26)20-31(32,18-34)29(40)39-22-38(21-35-28(30)39)27-10-6-8-25(4)16-27/h5-10,15-16,23H,11-14,19-22H2,1-4H3. The minimum atomic E-state index is -1.00. The van der Waals surface area contributed by atoms with Crippen molar-refractivity contribution in [2.24, 2.45) is 21.2 Å². The molecule has 2 aromatic carbocycles. The smallest absolute Gasteiger partial charge is 0.140 e. The Bertz CT molecular complexity index is 1460. The lowest BCUT2D eigenvalue weighted by molar-refractivity contribution is -0.0500. The van der Waals surface area contributed by atoms with Crippen LogP contribution in [0.1, 0.15) is 37.8 Å².